The van der Waals surface area contributed by atoms with Crippen molar-refractivity contribution in [1.29, 1.82) is 0 Å². The molecule has 1 aliphatic carbocycles. The molecule has 146 valence electrons. The Morgan fingerprint density at radius 1 is 0.931 bits per heavy atom. The summed E-state index contributed by atoms with van der Waals surface area (Å²) in [5.41, 5.74) is 8.53. The van der Waals surface area contributed by atoms with E-state index in [9.17, 15) is 0 Å². The van der Waals surface area contributed by atoms with Gasteiger partial charge in [0.2, 0.25) is 0 Å². The van der Waals surface area contributed by atoms with Crippen LogP contribution in [0.25, 0.3) is 5.78 Å². The molecule has 5 heteroatoms. The molecule has 0 fully saturated rings. The van der Waals surface area contributed by atoms with Crippen LogP contribution in [0, 0.1) is 20.8 Å². The maximum atomic E-state index is 4.82. The second-order valence-electron chi connectivity index (χ2n) is 8.07. The Hall–Kier alpha value is -3.21. The van der Waals surface area contributed by atoms with E-state index in [1.54, 1.807) is 0 Å². The van der Waals surface area contributed by atoms with E-state index in [1.807, 2.05) is 4.52 Å². The number of aromatic nitrogens is 4. The number of aryl methyl sites for hydroxylation is 4. The minimum Gasteiger partial charge on any atom is -0.340 e. The number of rotatable bonds is 4. The smallest absolute Gasteiger partial charge is 0.254 e. The average molecular weight is 383 g/mol. The number of nitrogens with one attached hydrogen (secondary N) is 1. The summed E-state index contributed by atoms with van der Waals surface area (Å²) in [5.74, 6) is 2.49. The van der Waals surface area contributed by atoms with Crippen LogP contribution < -0.4 is 5.32 Å². The third-order valence-corrected chi connectivity index (χ3v) is 5.81. The van der Waals surface area contributed by atoms with Crippen LogP contribution in [0.2, 0.25) is 0 Å². The molecule has 4 aromatic rings. The lowest BCUT2D eigenvalue weighted by Gasteiger charge is -2.13. The predicted molar refractivity (Wildman–Crippen MR) is 116 cm³/mol. The molecule has 0 saturated carbocycles. The van der Waals surface area contributed by atoms with E-state index in [4.69, 9.17) is 15.1 Å². The van der Waals surface area contributed by atoms with Gasteiger partial charge in [-0.05, 0) is 68.9 Å². The van der Waals surface area contributed by atoms with Gasteiger partial charge < -0.3 is 5.32 Å². The van der Waals surface area contributed by atoms with Crippen LogP contribution in [-0.4, -0.2) is 19.6 Å². The van der Waals surface area contributed by atoms with Crippen LogP contribution in [0.5, 0.6) is 0 Å². The molecule has 0 saturated heterocycles. The van der Waals surface area contributed by atoms with Crippen LogP contribution in [0.1, 0.15) is 45.8 Å². The number of anilines is 2. The van der Waals surface area contributed by atoms with Crippen molar-refractivity contribution in [2.45, 2.75) is 46.5 Å². The molecule has 0 bridgehead atoms. The van der Waals surface area contributed by atoms with Crippen LogP contribution in [0.4, 0.5) is 11.5 Å². The van der Waals surface area contributed by atoms with Gasteiger partial charge in [-0.3, -0.25) is 0 Å². The van der Waals surface area contributed by atoms with Crippen molar-refractivity contribution in [1.82, 2.24) is 19.6 Å². The molecule has 1 N–H and O–H groups in total. The summed E-state index contributed by atoms with van der Waals surface area (Å²) >= 11 is 0. The van der Waals surface area contributed by atoms with Crippen LogP contribution in [0.3, 0.4) is 0 Å². The lowest BCUT2D eigenvalue weighted by Crippen LogP contribution is -2.07. The number of benzene rings is 2. The monoisotopic (exact) mass is 383 g/mol. The van der Waals surface area contributed by atoms with Crippen molar-refractivity contribution in [3.63, 3.8) is 0 Å². The van der Waals surface area contributed by atoms with Crippen molar-refractivity contribution in [3.8, 4) is 0 Å². The molecule has 0 radical (unpaired) electrons. The Morgan fingerprint density at radius 3 is 2.55 bits per heavy atom. The average Bonchev–Trinajstić information content (AvgIpc) is 3.33. The molecule has 2 aromatic heterocycles. The number of fused-ring (bicyclic) bond motifs is 2. The fourth-order valence-electron chi connectivity index (χ4n) is 3.97. The molecule has 0 unspecified atom stereocenters. The van der Waals surface area contributed by atoms with E-state index in [-0.39, 0.29) is 0 Å². The zero-order valence-corrected chi connectivity index (χ0v) is 17.2. The van der Waals surface area contributed by atoms with Crippen LogP contribution >= 0.6 is 0 Å². The SMILES string of the molecule is Cc1ccc(Cc2nc3nc4c(c(Nc5ccc(C)c(C)c5)n3n2)CCC4)cc1. The van der Waals surface area contributed by atoms with Crippen molar-refractivity contribution < 1.29 is 0 Å². The lowest BCUT2D eigenvalue weighted by molar-refractivity contribution is 0.884. The number of hydrogen-bond donors (Lipinski definition) is 1. The molecule has 1 aliphatic rings. The van der Waals surface area contributed by atoms with Crippen molar-refractivity contribution in [3.05, 3.63) is 81.8 Å². The van der Waals surface area contributed by atoms with Gasteiger partial charge in [0.05, 0.1) is 5.69 Å². The number of nitrogens with zero attached hydrogens (tertiary/aromatic N) is 4. The van der Waals surface area contributed by atoms with Crippen molar-refractivity contribution in [2.24, 2.45) is 0 Å². The van der Waals surface area contributed by atoms with E-state index in [0.29, 0.717) is 12.2 Å². The minimum absolute atomic E-state index is 0.680. The first kappa shape index (κ1) is 17.9. The minimum atomic E-state index is 0.680. The molecule has 5 rings (SSSR count). The summed E-state index contributed by atoms with van der Waals surface area (Å²) in [6.07, 6.45) is 3.87. The standard InChI is InChI=1S/C24H25N5/c1-15-7-10-18(11-8-15)14-22-27-24-26-21-6-4-5-20(21)23(29(24)28-22)25-19-12-9-16(2)17(3)13-19/h7-13,25H,4-6,14H2,1-3H3. The van der Waals surface area contributed by atoms with Gasteiger partial charge >= 0.3 is 0 Å². The Bertz CT molecular complexity index is 1200. The van der Waals surface area contributed by atoms with Crippen LogP contribution in [-0.2, 0) is 19.3 Å². The highest BCUT2D eigenvalue weighted by atomic mass is 15.4. The first-order chi connectivity index (χ1) is 14.1. The van der Waals surface area contributed by atoms with Gasteiger partial charge in [-0.15, -0.1) is 5.10 Å². The molecular formula is C24H25N5. The maximum Gasteiger partial charge on any atom is 0.254 e. The molecule has 2 heterocycles. The summed E-state index contributed by atoms with van der Waals surface area (Å²) in [6.45, 7) is 6.38. The van der Waals surface area contributed by atoms with Gasteiger partial charge in [0.1, 0.15) is 5.82 Å². The van der Waals surface area contributed by atoms with Gasteiger partial charge in [0.15, 0.2) is 5.82 Å². The van der Waals surface area contributed by atoms with Crippen molar-refractivity contribution >= 4 is 17.3 Å². The summed E-state index contributed by atoms with van der Waals surface area (Å²) in [7, 11) is 0. The highest BCUT2D eigenvalue weighted by Gasteiger charge is 2.22. The topological polar surface area (TPSA) is 55.1 Å². The Morgan fingerprint density at radius 2 is 1.76 bits per heavy atom. The molecule has 0 amide bonds. The molecule has 29 heavy (non-hydrogen) atoms. The van der Waals surface area contributed by atoms with E-state index < -0.39 is 0 Å². The van der Waals surface area contributed by atoms with E-state index in [1.165, 1.54) is 27.8 Å². The van der Waals surface area contributed by atoms with Crippen molar-refractivity contribution in [2.75, 3.05) is 5.32 Å². The highest BCUT2D eigenvalue weighted by Crippen LogP contribution is 2.31. The largest absolute Gasteiger partial charge is 0.340 e. The third kappa shape index (κ3) is 3.37. The van der Waals surface area contributed by atoms with Gasteiger partial charge in [-0.1, -0.05) is 35.9 Å². The first-order valence-corrected chi connectivity index (χ1v) is 10.2. The molecule has 5 nitrogen and oxygen atoms in total. The quantitative estimate of drug-likeness (QED) is 0.546. The molecule has 2 aromatic carbocycles. The second kappa shape index (κ2) is 6.99. The predicted octanol–water partition coefficient (Wildman–Crippen LogP) is 4.87. The molecule has 0 aliphatic heterocycles. The third-order valence-electron chi connectivity index (χ3n) is 5.81. The van der Waals surface area contributed by atoms with E-state index in [0.717, 1.165) is 42.3 Å². The zero-order chi connectivity index (χ0) is 20.0. The summed E-state index contributed by atoms with van der Waals surface area (Å²) < 4.78 is 1.89. The summed E-state index contributed by atoms with van der Waals surface area (Å²) in [5, 5.41) is 8.45. The van der Waals surface area contributed by atoms with Gasteiger partial charge in [0.25, 0.3) is 5.78 Å². The zero-order valence-electron chi connectivity index (χ0n) is 17.2. The molecule has 0 spiro atoms. The van der Waals surface area contributed by atoms with Gasteiger partial charge in [-0.25, -0.2) is 4.98 Å². The second-order valence-corrected chi connectivity index (χ2v) is 8.07. The highest BCUT2D eigenvalue weighted by molar-refractivity contribution is 5.64. The maximum absolute atomic E-state index is 4.82. The Balaban J connectivity index is 1.56. The van der Waals surface area contributed by atoms with Crippen LogP contribution in [0.15, 0.2) is 42.5 Å². The van der Waals surface area contributed by atoms with E-state index in [2.05, 4.69) is 68.6 Å². The van der Waals surface area contributed by atoms with E-state index >= 15 is 0 Å². The summed E-state index contributed by atoms with van der Waals surface area (Å²) in [4.78, 5) is 9.56. The molecule has 0 atom stereocenters. The normalized spacial score (nSPS) is 13.1. The number of hydrogen-bond acceptors (Lipinski definition) is 4. The Labute approximate surface area is 170 Å². The first-order valence-electron chi connectivity index (χ1n) is 10.2. The molecular weight excluding hydrogens is 358 g/mol. The fraction of sp³-hybridized carbons (Fsp3) is 0.292. The van der Waals surface area contributed by atoms with Gasteiger partial charge in [0, 0.05) is 17.7 Å². The fourth-order valence-corrected chi connectivity index (χ4v) is 3.97. The Kier molecular flexibility index (Phi) is 4.31. The lowest BCUT2D eigenvalue weighted by atomic mass is 10.1. The summed E-state index contributed by atoms with van der Waals surface area (Å²) in [6, 6.07) is 15.0. The van der Waals surface area contributed by atoms with Gasteiger partial charge in [-0.2, -0.15) is 9.50 Å².